The lowest BCUT2D eigenvalue weighted by Crippen LogP contribution is -2.03. The van der Waals surface area contributed by atoms with Crippen LogP contribution >= 0.6 is 0 Å². The Kier molecular flexibility index (Phi) is 5.24. The van der Waals surface area contributed by atoms with Crippen LogP contribution in [0, 0.1) is 0 Å². The number of hydrogen-bond acceptors (Lipinski definition) is 5. The van der Waals surface area contributed by atoms with Crippen molar-refractivity contribution in [3.05, 3.63) is 72.4 Å². The maximum Gasteiger partial charge on any atom is 0.161 e. The maximum absolute atomic E-state index is 5.47. The van der Waals surface area contributed by atoms with Crippen molar-refractivity contribution in [2.45, 2.75) is 6.54 Å². The van der Waals surface area contributed by atoms with E-state index in [0.717, 1.165) is 34.0 Å². The molecule has 0 amide bonds. The highest BCUT2D eigenvalue weighted by atomic mass is 16.5. The van der Waals surface area contributed by atoms with Crippen molar-refractivity contribution in [2.75, 3.05) is 26.6 Å². The van der Waals surface area contributed by atoms with E-state index in [4.69, 9.17) is 19.2 Å². The van der Waals surface area contributed by atoms with Gasteiger partial charge in [0.1, 0.15) is 22.9 Å². The fourth-order valence-electron chi connectivity index (χ4n) is 3.28. The van der Waals surface area contributed by atoms with Crippen LogP contribution < -0.4 is 19.5 Å². The molecule has 0 unspecified atom stereocenters. The normalized spacial score (nSPS) is 10.7. The van der Waals surface area contributed by atoms with Gasteiger partial charge in [0.05, 0.1) is 21.3 Å². The van der Waals surface area contributed by atoms with Gasteiger partial charge in [0.25, 0.3) is 0 Å². The zero-order chi connectivity index (χ0) is 20.2. The third kappa shape index (κ3) is 3.69. The molecule has 0 saturated heterocycles. The molecule has 29 heavy (non-hydrogen) atoms. The molecule has 6 heteroatoms. The zero-order valence-corrected chi connectivity index (χ0v) is 16.7. The molecule has 0 fully saturated rings. The molecular formula is C23H23N3O3. The predicted octanol–water partition coefficient (Wildman–Crippen LogP) is 4.64. The van der Waals surface area contributed by atoms with Crippen molar-refractivity contribution >= 4 is 11.5 Å². The van der Waals surface area contributed by atoms with E-state index in [1.54, 1.807) is 21.3 Å². The van der Waals surface area contributed by atoms with Crippen LogP contribution in [0.5, 0.6) is 17.2 Å². The summed E-state index contributed by atoms with van der Waals surface area (Å²) in [5, 5.41) is 3.54. The summed E-state index contributed by atoms with van der Waals surface area (Å²) in [4.78, 5) is 4.84. The first-order chi connectivity index (χ1) is 14.2. The summed E-state index contributed by atoms with van der Waals surface area (Å²) < 4.78 is 18.1. The average Bonchev–Trinajstić information content (AvgIpc) is 3.16. The topological polar surface area (TPSA) is 57.0 Å². The Hall–Kier alpha value is -3.67. The molecule has 0 aliphatic heterocycles. The molecule has 4 aromatic rings. The van der Waals surface area contributed by atoms with E-state index < -0.39 is 0 Å². The summed E-state index contributed by atoms with van der Waals surface area (Å²) >= 11 is 0. The van der Waals surface area contributed by atoms with Crippen LogP contribution in [0.2, 0.25) is 0 Å². The Balaban J connectivity index is 1.72. The lowest BCUT2D eigenvalue weighted by molar-refractivity contribution is 0.355. The molecule has 2 heterocycles. The number of rotatable bonds is 7. The van der Waals surface area contributed by atoms with E-state index in [9.17, 15) is 0 Å². The van der Waals surface area contributed by atoms with Gasteiger partial charge in [-0.25, -0.2) is 4.98 Å². The molecule has 0 bridgehead atoms. The van der Waals surface area contributed by atoms with Crippen molar-refractivity contribution in [1.82, 2.24) is 9.38 Å². The minimum Gasteiger partial charge on any atom is -0.497 e. The van der Waals surface area contributed by atoms with Gasteiger partial charge in [0.2, 0.25) is 0 Å². The number of benzene rings is 2. The van der Waals surface area contributed by atoms with E-state index in [-0.39, 0.29) is 0 Å². The number of ether oxygens (including phenoxy) is 3. The predicted molar refractivity (Wildman–Crippen MR) is 114 cm³/mol. The van der Waals surface area contributed by atoms with Gasteiger partial charge in [0.15, 0.2) is 11.5 Å². The largest absolute Gasteiger partial charge is 0.497 e. The molecule has 0 aliphatic rings. The molecule has 2 aromatic carbocycles. The minimum absolute atomic E-state index is 0.660. The van der Waals surface area contributed by atoms with Crippen LogP contribution in [0.1, 0.15) is 5.56 Å². The number of pyridine rings is 1. The van der Waals surface area contributed by atoms with Gasteiger partial charge in [-0.3, -0.25) is 4.40 Å². The Morgan fingerprint density at radius 1 is 0.862 bits per heavy atom. The third-order valence-electron chi connectivity index (χ3n) is 4.81. The Morgan fingerprint density at radius 3 is 2.38 bits per heavy atom. The first-order valence-electron chi connectivity index (χ1n) is 9.29. The number of nitrogens with one attached hydrogen (secondary N) is 1. The van der Waals surface area contributed by atoms with Crippen LogP contribution in [0.4, 0.5) is 5.82 Å². The van der Waals surface area contributed by atoms with Gasteiger partial charge in [-0.15, -0.1) is 0 Å². The minimum atomic E-state index is 0.660. The maximum atomic E-state index is 5.47. The summed E-state index contributed by atoms with van der Waals surface area (Å²) in [6, 6.07) is 19.8. The molecule has 0 aliphatic carbocycles. The first-order valence-corrected chi connectivity index (χ1v) is 9.29. The first kappa shape index (κ1) is 18.7. The summed E-state index contributed by atoms with van der Waals surface area (Å²) in [5.74, 6) is 3.12. The van der Waals surface area contributed by atoms with Crippen LogP contribution in [-0.2, 0) is 6.54 Å². The molecule has 0 radical (unpaired) electrons. The number of nitrogens with zero attached hydrogens (tertiary/aromatic N) is 2. The standard InChI is InChI=1S/C23H23N3O3/c1-27-18-10-7-16(8-11-18)15-24-23-22(25-21-6-4-5-13-26(21)23)17-9-12-19(28-2)20(14-17)29-3/h4-14,24H,15H2,1-3H3. The second-order valence-electron chi connectivity index (χ2n) is 6.51. The quantitative estimate of drug-likeness (QED) is 0.499. The van der Waals surface area contributed by atoms with Crippen molar-refractivity contribution in [3.63, 3.8) is 0 Å². The fraction of sp³-hybridized carbons (Fsp3) is 0.174. The smallest absolute Gasteiger partial charge is 0.161 e. The lowest BCUT2D eigenvalue weighted by atomic mass is 10.1. The molecular weight excluding hydrogens is 366 g/mol. The second-order valence-corrected chi connectivity index (χ2v) is 6.51. The van der Waals surface area contributed by atoms with Crippen LogP contribution in [0.3, 0.4) is 0 Å². The number of methoxy groups -OCH3 is 3. The summed E-state index contributed by atoms with van der Waals surface area (Å²) in [6.07, 6.45) is 2.00. The number of hydrogen-bond donors (Lipinski definition) is 1. The molecule has 6 nitrogen and oxygen atoms in total. The van der Waals surface area contributed by atoms with Gasteiger partial charge < -0.3 is 19.5 Å². The highest BCUT2D eigenvalue weighted by Gasteiger charge is 2.16. The van der Waals surface area contributed by atoms with E-state index >= 15 is 0 Å². The summed E-state index contributed by atoms with van der Waals surface area (Å²) in [5.41, 5.74) is 3.82. The second kappa shape index (κ2) is 8.14. The van der Waals surface area contributed by atoms with E-state index in [1.165, 1.54) is 0 Å². The Bertz CT molecular complexity index is 1120. The molecule has 2 aromatic heterocycles. The van der Waals surface area contributed by atoms with Crippen molar-refractivity contribution in [1.29, 1.82) is 0 Å². The number of aromatic nitrogens is 2. The van der Waals surface area contributed by atoms with Gasteiger partial charge in [-0.2, -0.15) is 0 Å². The zero-order valence-electron chi connectivity index (χ0n) is 16.7. The van der Waals surface area contributed by atoms with E-state index in [1.807, 2.05) is 66.9 Å². The molecule has 1 N–H and O–H groups in total. The molecule has 0 spiro atoms. The average molecular weight is 389 g/mol. The monoisotopic (exact) mass is 389 g/mol. The molecule has 148 valence electrons. The van der Waals surface area contributed by atoms with Crippen LogP contribution in [0.25, 0.3) is 16.9 Å². The van der Waals surface area contributed by atoms with Gasteiger partial charge >= 0.3 is 0 Å². The van der Waals surface area contributed by atoms with Crippen LogP contribution in [-0.4, -0.2) is 30.7 Å². The highest BCUT2D eigenvalue weighted by Crippen LogP contribution is 2.35. The fourth-order valence-corrected chi connectivity index (χ4v) is 3.28. The Labute approximate surface area is 169 Å². The molecule has 0 atom stereocenters. The molecule has 4 rings (SSSR count). The number of fused-ring (bicyclic) bond motifs is 1. The van der Waals surface area contributed by atoms with Gasteiger partial charge in [0, 0.05) is 18.3 Å². The van der Waals surface area contributed by atoms with Crippen molar-refractivity contribution < 1.29 is 14.2 Å². The van der Waals surface area contributed by atoms with Crippen LogP contribution in [0.15, 0.2) is 66.9 Å². The van der Waals surface area contributed by atoms with E-state index in [2.05, 4.69) is 9.72 Å². The number of anilines is 1. The van der Waals surface area contributed by atoms with Crippen molar-refractivity contribution in [3.8, 4) is 28.5 Å². The molecule has 0 saturated carbocycles. The number of imidazole rings is 1. The lowest BCUT2D eigenvalue weighted by Gasteiger charge is -2.11. The summed E-state index contributed by atoms with van der Waals surface area (Å²) in [7, 11) is 4.93. The summed E-state index contributed by atoms with van der Waals surface area (Å²) in [6.45, 7) is 0.660. The van der Waals surface area contributed by atoms with Gasteiger partial charge in [-0.05, 0) is 48.0 Å². The SMILES string of the molecule is COc1ccc(CNc2c(-c3ccc(OC)c(OC)c3)nc3ccccn23)cc1. The van der Waals surface area contributed by atoms with E-state index in [0.29, 0.717) is 18.0 Å². The Morgan fingerprint density at radius 2 is 1.66 bits per heavy atom. The van der Waals surface area contributed by atoms with Crippen molar-refractivity contribution in [2.24, 2.45) is 0 Å². The highest BCUT2D eigenvalue weighted by molar-refractivity contribution is 5.78. The third-order valence-corrected chi connectivity index (χ3v) is 4.81. The van der Waals surface area contributed by atoms with Gasteiger partial charge in [-0.1, -0.05) is 18.2 Å².